The Kier molecular flexibility index (Phi) is 4.29. The van der Waals surface area contributed by atoms with Crippen molar-refractivity contribution in [3.63, 3.8) is 0 Å². The standard InChI is InChI=1S/C15H21ClFN/c1-11(2)18-10-15(8-3-4-9-15)12-6-5-7-13(16)14(12)17/h5-7,11,18H,3-4,8-10H2,1-2H3. The smallest absolute Gasteiger partial charge is 0.145 e. The van der Waals surface area contributed by atoms with Crippen molar-refractivity contribution in [2.45, 2.75) is 51.0 Å². The minimum atomic E-state index is -0.230. The monoisotopic (exact) mass is 269 g/mol. The molecule has 0 spiro atoms. The van der Waals surface area contributed by atoms with Gasteiger partial charge in [0.25, 0.3) is 0 Å². The Morgan fingerprint density at radius 1 is 1.33 bits per heavy atom. The molecule has 0 saturated heterocycles. The van der Waals surface area contributed by atoms with E-state index in [4.69, 9.17) is 11.6 Å². The fourth-order valence-electron chi connectivity index (χ4n) is 2.91. The molecule has 1 N–H and O–H groups in total. The van der Waals surface area contributed by atoms with Gasteiger partial charge >= 0.3 is 0 Å². The summed E-state index contributed by atoms with van der Waals surface area (Å²) in [6, 6.07) is 5.80. The maximum Gasteiger partial charge on any atom is 0.145 e. The van der Waals surface area contributed by atoms with Crippen LogP contribution < -0.4 is 5.32 Å². The maximum atomic E-state index is 14.3. The number of benzene rings is 1. The lowest BCUT2D eigenvalue weighted by atomic mass is 9.78. The van der Waals surface area contributed by atoms with Gasteiger partial charge in [-0.1, -0.05) is 50.4 Å². The van der Waals surface area contributed by atoms with Crippen molar-refractivity contribution < 1.29 is 4.39 Å². The maximum absolute atomic E-state index is 14.3. The van der Waals surface area contributed by atoms with E-state index in [0.717, 1.165) is 24.9 Å². The molecule has 0 aromatic heterocycles. The van der Waals surface area contributed by atoms with Gasteiger partial charge in [-0.25, -0.2) is 4.39 Å². The van der Waals surface area contributed by atoms with Gasteiger partial charge in [0.05, 0.1) is 5.02 Å². The molecule has 1 aliphatic rings. The van der Waals surface area contributed by atoms with Gasteiger partial charge in [0, 0.05) is 18.0 Å². The van der Waals surface area contributed by atoms with Crippen molar-refractivity contribution in [1.82, 2.24) is 5.32 Å². The van der Waals surface area contributed by atoms with Gasteiger partial charge in [-0.15, -0.1) is 0 Å². The molecule has 0 bridgehead atoms. The summed E-state index contributed by atoms with van der Waals surface area (Å²) in [6.07, 6.45) is 4.44. The van der Waals surface area contributed by atoms with Crippen LogP contribution in [0.1, 0.15) is 45.1 Å². The van der Waals surface area contributed by atoms with Crippen molar-refractivity contribution in [3.8, 4) is 0 Å². The van der Waals surface area contributed by atoms with Crippen LogP contribution in [-0.4, -0.2) is 12.6 Å². The predicted octanol–water partition coefficient (Wildman–Crippen LogP) is 4.29. The third kappa shape index (κ3) is 2.70. The highest BCUT2D eigenvalue weighted by molar-refractivity contribution is 6.30. The Morgan fingerprint density at radius 2 is 2.00 bits per heavy atom. The summed E-state index contributed by atoms with van der Waals surface area (Å²) in [7, 11) is 0. The highest BCUT2D eigenvalue weighted by Crippen LogP contribution is 2.42. The second kappa shape index (κ2) is 5.58. The van der Waals surface area contributed by atoms with Gasteiger partial charge in [0.2, 0.25) is 0 Å². The Labute approximate surface area is 114 Å². The summed E-state index contributed by atoms with van der Waals surface area (Å²) in [5.74, 6) is -0.230. The molecular formula is C15H21ClFN. The van der Waals surface area contributed by atoms with Crippen LogP contribution in [0.2, 0.25) is 5.02 Å². The van der Waals surface area contributed by atoms with E-state index >= 15 is 0 Å². The van der Waals surface area contributed by atoms with E-state index in [2.05, 4.69) is 19.2 Å². The van der Waals surface area contributed by atoms with E-state index in [9.17, 15) is 4.39 Å². The van der Waals surface area contributed by atoms with Crippen LogP contribution in [0.25, 0.3) is 0 Å². The van der Waals surface area contributed by atoms with Crippen LogP contribution in [0.15, 0.2) is 18.2 Å². The van der Waals surface area contributed by atoms with Gasteiger partial charge in [0.1, 0.15) is 5.82 Å². The minimum absolute atomic E-state index is 0.0702. The summed E-state index contributed by atoms with van der Waals surface area (Å²) in [4.78, 5) is 0. The van der Waals surface area contributed by atoms with E-state index in [1.165, 1.54) is 12.8 Å². The van der Waals surface area contributed by atoms with Gasteiger partial charge in [0.15, 0.2) is 0 Å². The van der Waals surface area contributed by atoms with Crippen molar-refractivity contribution in [1.29, 1.82) is 0 Å². The first-order valence-corrected chi connectivity index (χ1v) is 7.11. The number of nitrogens with one attached hydrogen (secondary N) is 1. The first-order chi connectivity index (χ1) is 8.55. The van der Waals surface area contributed by atoms with Crippen LogP contribution in [0.5, 0.6) is 0 Å². The molecule has 1 nitrogen and oxygen atoms in total. The van der Waals surface area contributed by atoms with Gasteiger partial charge in [-0.05, 0) is 24.5 Å². The molecule has 0 amide bonds. The van der Waals surface area contributed by atoms with E-state index in [0.29, 0.717) is 6.04 Å². The summed E-state index contributed by atoms with van der Waals surface area (Å²) in [5, 5.41) is 3.70. The summed E-state index contributed by atoms with van der Waals surface area (Å²) < 4.78 is 14.3. The lowest BCUT2D eigenvalue weighted by Gasteiger charge is -2.31. The minimum Gasteiger partial charge on any atom is -0.314 e. The third-order valence-electron chi connectivity index (χ3n) is 3.93. The van der Waals surface area contributed by atoms with Crippen molar-refractivity contribution in [2.75, 3.05) is 6.54 Å². The largest absolute Gasteiger partial charge is 0.314 e. The fraction of sp³-hybridized carbons (Fsp3) is 0.600. The van der Waals surface area contributed by atoms with Gasteiger partial charge in [-0.3, -0.25) is 0 Å². The lowest BCUT2D eigenvalue weighted by Crippen LogP contribution is -2.39. The van der Waals surface area contributed by atoms with Crippen LogP contribution in [0.4, 0.5) is 4.39 Å². The Balaban J connectivity index is 2.32. The quantitative estimate of drug-likeness (QED) is 0.860. The third-order valence-corrected chi connectivity index (χ3v) is 4.22. The second-order valence-electron chi connectivity index (χ2n) is 5.62. The molecule has 1 aromatic carbocycles. The molecule has 0 radical (unpaired) electrons. The molecule has 1 aliphatic carbocycles. The molecule has 0 unspecified atom stereocenters. The van der Waals surface area contributed by atoms with Crippen LogP contribution in [-0.2, 0) is 5.41 Å². The summed E-state index contributed by atoms with van der Waals surface area (Å²) in [6.45, 7) is 5.08. The number of hydrogen-bond donors (Lipinski definition) is 1. The molecule has 1 aromatic rings. The lowest BCUT2D eigenvalue weighted by molar-refractivity contribution is 0.372. The van der Waals surface area contributed by atoms with E-state index in [-0.39, 0.29) is 16.3 Å². The highest BCUT2D eigenvalue weighted by Gasteiger charge is 2.37. The molecular weight excluding hydrogens is 249 g/mol. The predicted molar refractivity (Wildman–Crippen MR) is 74.7 cm³/mol. The first-order valence-electron chi connectivity index (χ1n) is 6.73. The zero-order chi connectivity index (χ0) is 13.2. The first kappa shape index (κ1) is 13.8. The Bertz CT molecular complexity index is 411. The zero-order valence-corrected chi connectivity index (χ0v) is 11.9. The van der Waals surface area contributed by atoms with Crippen molar-refractivity contribution >= 4 is 11.6 Å². The molecule has 1 fully saturated rings. The van der Waals surface area contributed by atoms with Gasteiger partial charge < -0.3 is 5.32 Å². The Morgan fingerprint density at radius 3 is 2.61 bits per heavy atom. The van der Waals surface area contributed by atoms with Crippen LogP contribution in [0, 0.1) is 5.82 Å². The average Bonchev–Trinajstić information content (AvgIpc) is 2.80. The van der Waals surface area contributed by atoms with Crippen LogP contribution in [0.3, 0.4) is 0 Å². The molecule has 1 saturated carbocycles. The summed E-state index contributed by atoms with van der Waals surface area (Å²) >= 11 is 5.92. The number of halogens is 2. The number of rotatable bonds is 4. The van der Waals surface area contributed by atoms with E-state index in [1.807, 2.05) is 12.1 Å². The summed E-state index contributed by atoms with van der Waals surface area (Å²) in [5.41, 5.74) is 0.722. The molecule has 18 heavy (non-hydrogen) atoms. The highest BCUT2D eigenvalue weighted by atomic mass is 35.5. The van der Waals surface area contributed by atoms with E-state index in [1.54, 1.807) is 6.07 Å². The van der Waals surface area contributed by atoms with Crippen molar-refractivity contribution in [3.05, 3.63) is 34.6 Å². The number of hydrogen-bond acceptors (Lipinski definition) is 1. The average molecular weight is 270 g/mol. The van der Waals surface area contributed by atoms with Crippen LogP contribution >= 0.6 is 11.6 Å². The molecule has 3 heteroatoms. The van der Waals surface area contributed by atoms with Gasteiger partial charge in [-0.2, -0.15) is 0 Å². The van der Waals surface area contributed by atoms with E-state index < -0.39 is 0 Å². The SMILES string of the molecule is CC(C)NCC1(c2cccc(Cl)c2F)CCCC1. The topological polar surface area (TPSA) is 12.0 Å². The molecule has 0 atom stereocenters. The molecule has 0 aliphatic heterocycles. The zero-order valence-electron chi connectivity index (χ0n) is 11.1. The Hall–Kier alpha value is -0.600. The molecule has 0 heterocycles. The molecule has 100 valence electrons. The molecule has 2 rings (SSSR count). The normalized spacial score (nSPS) is 18.5. The van der Waals surface area contributed by atoms with Crippen molar-refractivity contribution in [2.24, 2.45) is 0 Å². The second-order valence-corrected chi connectivity index (χ2v) is 6.03. The fourth-order valence-corrected chi connectivity index (χ4v) is 3.08.